The van der Waals surface area contributed by atoms with E-state index in [1.54, 1.807) is 18.6 Å². The summed E-state index contributed by atoms with van der Waals surface area (Å²) in [6, 6.07) is 14.7. The van der Waals surface area contributed by atoms with Gasteiger partial charge in [-0.2, -0.15) is 5.10 Å². The van der Waals surface area contributed by atoms with Crippen LogP contribution in [0.25, 0.3) is 55.8 Å². The molecule has 0 saturated heterocycles. The van der Waals surface area contributed by atoms with Crippen LogP contribution in [-0.2, 0) is 4.79 Å². The Morgan fingerprint density at radius 3 is 2.70 bits per heavy atom. The lowest BCUT2D eigenvalue weighted by Gasteiger charge is -2.24. The maximum Gasteiger partial charge on any atom is 0.227 e. The molecule has 1 amide bonds. The van der Waals surface area contributed by atoms with Gasteiger partial charge in [-0.15, -0.1) is 0 Å². The number of benzene rings is 2. The number of nitrogens with zero attached hydrogens (tertiary/aromatic N) is 5. The van der Waals surface area contributed by atoms with Crippen LogP contribution in [0.4, 0.5) is 15.8 Å². The quantitative estimate of drug-likeness (QED) is 0.161. The number of rotatable bonds is 9. The summed E-state index contributed by atoms with van der Waals surface area (Å²) < 4.78 is 14.7. The third-order valence-electron chi connectivity index (χ3n) is 8.09. The lowest BCUT2D eigenvalue weighted by atomic mass is 9.85. The van der Waals surface area contributed by atoms with Crippen molar-refractivity contribution in [1.29, 1.82) is 0 Å². The maximum absolute atomic E-state index is 14.7. The molecule has 0 atom stereocenters. The number of amides is 1. The summed E-state index contributed by atoms with van der Waals surface area (Å²) in [5.74, 6) is 0.362. The average molecular weight is 590 g/mol. The number of pyridine rings is 2. The van der Waals surface area contributed by atoms with E-state index < -0.39 is 0 Å². The van der Waals surface area contributed by atoms with E-state index in [1.807, 2.05) is 50.5 Å². The number of fused-ring (bicyclic) bond motifs is 2. The minimum absolute atomic E-state index is 0.0516. The van der Waals surface area contributed by atoms with Crippen molar-refractivity contribution in [2.24, 2.45) is 5.92 Å². The first-order chi connectivity index (χ1) is 21.4. The van der Waals surface area contributed by atoms with Gasteiger partial charge in [0, 0.05) is 53.6 Å². The number of H-pyrrole nitrogens is 2. The summed E-state index contributed by atoms with van der Waals surface area (Å²) >= 11 is 0. The molecule has 1 aliphatic carbocycles. The van der Waals surface area contributed by atoms with Gasteiger partial charge in [0.1, 0.15) is 11.5 Å². The van der Waals surface area contributed by atoms with Gasteiger partial charge < -0.3 is 20.5 Å². The molecule has 7 rings (SSSR count). The molecule has 4 N–H and O–H groups in total. The normalized spacial score (nSPS) is 13.5. The Labute approximate surface area is 253 Å². The van der Waals surface area contributed by atoms with Gasteiger partial charge in [-0.3, -0.25) is 14.9 Å². The number of carbonyl (C=O) groups is 1. The third kappa shape index (κ3) is 5.49. The molecule has 4 heterocycles. The number of imidazole rings is 1. The standard InChI is InChI=1S/C33H32FN9O/c1-43(2)11-10-36-24-13-21(12-23(34)16-24)26-8-9-37-31-29(26)39-32(40-31)30-27-15-20(6-7-28(27)41-42-30)22-14-25(18-35-17-22)38-33(44)19-4-3-5-19/h6-9,12-19,36H,3-5,10-11H2,1-2H3,(H,38,44)(H,41,42)(H,37,39,40). The van der Waals surface area contributed by atoms with E-state index in [0.717, 1.165) is 53.4 Å². The van der Waals surface area contributed by atoms with Crippen LogP contribution in [0.3, 0.4) is 0 Å². The van der Waals surface area contributed by atoms with Gasteiger partial charge >= 0.3 is 0 Å². The fourth-order valence-corrected chi connectivity index (χ4v) is 5.49. The van der Waals surface area contributed by atoms with Gasteiger partial charge in [-0.05, 0) is 80.5 Å². The third-order valence-corrected chi connectivity index (χ3v) is 8.09. The summed E-state index contributed by atoms with van der Waals surface area (Å²) in [4.78, 5) is 31.6. The molecule has 1 fully saturated rings. The van der Waals surface area contributed by atoms with Gasteiger partial charge in [0.15, 0.2) is 11.5 Å². The van der Waals surface area contributed by atoms with Gasteiger partial charge in [0.2, 0.25) is 5.91 Å². The fraction of sp³-hybridized carbons (Fsp3) is 0.242. The number of nitrogens with one attached hydrogen (secondary N) is 4. The van der Waals surface area contributed by atoms with Crippen molar-refractivity contribution >= 4 is 39.3 Å². The van der Waals surface area contributed by atoms with E-state index in [-0.39, 0.29) is 17.6 Å². The Morgan fingerprint density at radius 2 is 1.89 bits per heavy atom. The molecule has 11 heteroatoms. The number of anilines is 2. The van der Waals surface area contributed by atoms with Gasteiger partial charge in [0.25, 0.3) is 0 Å². The molecule has 4 aromatic heterocycles. The van der Waals surface area contributed by atoms with Crippen LogP contribution in [0, 0.1) is 11.7 Å². The number of carbonyl (C=O) groups excluding carboxylic acids is 1. The molecule has 222 valence electrons. The Bertz CT molecular complexity index is 1990. The molecule has 6 aromatic rings. The van der Waals surface area contributed by atoms with Crippen LogP contribution >= 0.6 is 0 Å². The fourth-order valence-electron chi connectivity index (χ4n) is 5.49. The second-order valence-electron chi connectivity index (χ2n) is 11.5. The molecule has 0 spiro atoms. The predicted octanol–water partition coefficient (Wildman–Crippen LogP) is 6.08. The number of likely N-dealkylation sites (N-methyl/N-ethyl adjacent to an activating group) is 1. The molecule has 1 saturated carbocycles. The van der Waals surface area contributed by atoms with Crippen molar-refractivity contribution in [3.8, 4) is 33.8 Å². The van der Waals surface area contributed by atoms with Crippen LogP contribution in [0.5, 0.6) is 0 Å². The van der Waals surface area contributed by atoms with Gasteiger partial charge in [-0.25, -0.2) is 14.4 Å². The van der Waals surface area contributed by atoms with E-state index in [4.69, 9.17) is 4.98 Å². The summed E-state index contributed by atoms with van der Waals surface area (Å²) in [7, 11) is 4.00. The highest BCUT2D eigenvalue weighted by Gasteiger charge is 2.25. The van der Waals surface area contributed by atoms with Crippen LogP contribution in [0.2, 0.25) is 0 Å². The zero-order chi connectivity index (χ0) is 30.2. The molecule has 0 aliphatic heterocycles. The Balaban J connectivity index is 1.21. The van der Waals surface area contributed by atoms with E-state index in [9.17, 15) is 9.18 Å². The number of halogens is 1. The average Bonchev–Trinajstić information content (AvgIpc) is 3.59. The molecule has 2 aromatic carbocycles. The molecule has 0 bridgehead atoms. The number of hydrogen-bond donors (Lipinski definition) is 4. The lowest BCUT2D eigenvalue weighted by Crippen LogP contribution is -2.28. The van der Waals surface area contributed by atoms with E-state index in [0.29, 0.717) is 46.2 Å². The second-order valence-corrected chi connectivity index (χ2v) is 11.5. The minimum Gasteiger partial charge on any atom is -0.384 e. The minimum atomic E-state index is -0.327. The monoisotopic (exact) mass is 589 g/mol. The van der Waals surface area contributed by atoms with Crippen LogP contribution in [-0.4, -0.2) is 68.1 Å². The van der Waals surface area contributed by atoms with E-state index >= 15 is 0 Å². The van der Waals surface area contributed by atoms with Crippen molar-refractivity contribution in [3.63, 3.8) is 0 Å². The SMILES string of the molecule is CN(C)CCNc1cc(F)cc(-c2ccnc3nc(-c4n[nH]c5ccc(-c6cncc(NC(=O)C7CCC7)c6)cc45)[nH]c23)c1. The van der Waals surface area contributed by atoms with Crippen molar-refractivity contribution in [3.05, 3.63) is 72.9 Å². The first-order valence-electron chi connectivity index (χ1n) is 14.7. The number of aromatic amines is 2. The Morgan fingerprint density at radius 1 is 1.02 bits per heavy atom. The maximum atomic E-state index is 14.7. The van der Waals surface area contributed by atoms with Crippen molar-refractivity contribution < 1.29 is 9.18 Å². The summed E-state index contributed by atoms with van der Waals surface area (Å²) in [5, 5.41) is 14.8. The van der Waals surface area contributed by atoms with E-state index in [2.05, 4.69) is 40.7 Å². The predicted molar refractivity (Wildman–Crippen MR) is 171 cm³/mol. The highest BCUT2D eigenvalue weighted by atomic mass is 19.1. The van der Waals surface area contributed by atoms with Gasteiger partial charge in [-0.1, -0.05) is 12.5 Å². The molecule has 0 radical (unpaired) electrons. The lowest BCUT2D eigenvalue weighted by molar-refractivity contribution is -0.122. The first-order valence-corrected chi connectivity index (χ1v) is 14.7. The number of aromatic nitrogens is 6. The molecule has 1 aliphatic rings. The van der Waals surface area contributed by atoms with Crippen molar-refractivity contribution in [1.82, 2.24) is 35.0 Å². The summed E-state index contributed by atoms with van der Waals surface area (Å²) in [5.41, 5.74) is 7.37. The Hall–Kier alpha value is -5.16. The van der Waals surface area contributed by atoms with Crippen LogP contribution in [0.1, 0.15) is 19.3 Å². The zero-order valence-corrected chi connectivity index (χ0v) is 24.5. The second kappa shape index (κ2) is 11.5. The Kier molecular flexibility index (Phi) is 7.23. The number of hydrogen-bond acceptors (Lipinski definition) is 7. The van der Waals surface area contributed by atoms with E-state index in [1.165, 1.54) is 12.1 Å². The topological polar surface area (TPSA) is 128 Å². The van der Waals surface area contributed by atoms with Crippen molar-refractivity contribution in [2.75, 3.05) is 37.8 Å². The zero-order valence-electron chi connectivity index (χ0n) is 24.5. The summed E-state index contributed by atoms with van der Waals surface area (Å²) in [6.45, 7) is 1.52. The molecular weight excluding hydrogens is 557 g/mol. The first kappa shape index (κ1) is 27.7. The molecular formula is C33H32FN9O. The highest BCUT2D eigenvalue weighted by molar-refractivity contribution is 5.98. The molecule has 44 heavy (non-hydrogen) atoms. The van der Waals surface area contributed by atoms with Crippen molar-refractivity contribution in [2.45, 2.75) is 19.3 Å². The molecule has 10 nitrogen and oxygen atoms in total. The van der Waals surface area contributed by atoms with Crippen LogP contribution in [0.15, 0.2) is 67.1 Å². The smallest absolute Gasteiger partial charge is 0.227 e. The summed E-state index contributed by atoms with van der Waals surface area (Å²) in [6.07, 6.45) is 8.11. The molecule has 0 unspecified atom stereocenters. The van der Waals surface area contributed by atoms with Gasteiger partial charge in [0.05, 0.1) is 22.9 Å². The largest absolute Gasteiger partial charge is 0.384 e. The highest BCUT2D eigenvalue weighted by Crippen LogP contribution is 2.34. The van der Waals surface area contributed by atoms with Crippen LogP contribution < -0.4 is 10.6 Å².